The lowest BCUT2D eigenvalue weighted by Crippen LogP contribution is -2.37. The van der Waals surface area contributed by atoms with Gasteiger partial charge in [0.15, 0.2) is 0 Å². The molecule has 148 valence electrons. The van der Waals surface area contributed by atoms with Crippen molar-refractivity contribution in [3.8, 4) is 0 Å². The number of esters is 1. The van der Waals surface area contributed by atoms with Crippen LogP contribution >= 0.6 is 0 Å². The number of rotatable bonds is 12. The fourth-order valence-electron chi connectivity index (χ4n) is 3.21. The molecular formula is C20H39NO4. The number of unbranched alkanes of at least 4 members (excludes halogenated alkanes) is 7. The highest BCUT2D eigenvalue weighted by Crippen LogP contribution is 2.19. The summed E-state index contributed by atoms with van der Waals surface area (Å²) in [5.41, 5.74) is 0. The van der Waals surface area contributed by atoms with E-state index in [4.69, 9.17) is 0 Å². The van der Waals surface area contributed by atoms with Crippen LogP contribution < -0.4 is 0 Å². The highest BCUT2D eigenvalue weighted by atomic mass is 16.5. The number of nitrogens with zero attached hydrogens (tertiary/aromatic N) is 1. The molecule has 1 unspecified atom stereocenters. The Morgan fingerprint density at radius 3 is 2.00 bits per heavy atom. The molecule has 1 saturated heterocycles. The van der Waals surface area contributed by atoms with E-state index in [-0.39, 0.29) is 24.5 Å². The third-order valence-corrected chi connectivity index (χ3v) is 4.66. The molecular weight excluding hydrogens is 318 g/mol. The second-order valence-electron chi connectivity index (χ2n) is 6.47. The van der Waals surface area contributed by atoms with Crippen LogP contribution in [0.15, 0.2) is 0 Å². The molecule has 1 fully saturated rings. The van der Waals surface area contributed by atoms with E-state index in [0.29, 0.717) is 12.8 Å². The Labute approximate surface area is 154 Å². The van der Waals surface area contributed by atoms with Crippen molar-refractivity contribution in [2.24, 2.45) is 0 Å². The number of hydrogen-bond donors (Lipinski definition) is 1. The number of likely N-dealkylation sites (tertiary alicyclic amines) is 1. The number of hydrogen-bond acceptors (Lipinski definition) is 4. The van der Waals surface area contributed by atoms with Gasteiger partial charge in [-0.15, -0.1) is 0 Å². The van der Waals surface area contributed by atoms with Crippen LogP contribution in [0, 0.1) is 0 Å². The number of amides is 1. The normalized spacial score (nSPS) is 16.3. The van der Waals surface area contributed by atoms with Crippen molar-refractivity contribution in [2.45, 2.75) is 96.9 Å². The van der Waals surface area contributed by atoms with Gasteiger partial charge in [0.1, 0.15) is 0 Å². The highest BCUT2D eigenvalue weighted by Gasteiger charge is 2.27. The topological polar surface area (TPSA) is 66.8 Å². The van der Waals surface area contributed by atoms with Gasteiger partial charge in [-0.25, -0.2) is 0 Å². The van der Waals surface area contributed by atoms with Gasteiger partial charge in [0.05, 0.1) is 19.8 Å². The number of aliphatic hydroxyl groups excluding tert-OH is 1. The van der Waals surface area contributed by atoms with Gasteiger partial charge in [-0.2, -0.15) is 0 Å². The largest absolute Gasteiger partial charge is 0.469 e. The minimum Gasteiger partial charge on any atom is -0.469 e. The Morgan fingerprint density at radius 2 is 1.48 bits per heavy atom. The zero-order chi connectivity index (χ0) is 18.9. The molecule has 0 aromatic heterocycles. The van der Waals surface area contributed by atoms with E-state index in [1.165, 1.54) is 32.8 Å². The van der Waals surface area contributed by atoms with Crippen LogP contribution in [0.4, 0.5) is 0 Å². The summed E-state index contributed by atoms with van der Waals surface area (Å²) in [5, 5.41) is 9.24. The first-order valence-electron chi connectivity index (χ1n) is 10.2. The van der Waals surface area contributed by atoms with Gasteiger partial charge in [-0.05, 0) is 25.7 Å². The summed E-state index contributed by atoms with van der Waals surface area (Å²) in [6.45, 7) is 4.91. The lowest BCUT2D eigenvalue weighted by Gasteiger charge is -2.22. The zero-order valence-corrected chi connectivity index (χ0v) is 16.6. The fraction of sp³-hybridized carbons (Fsp3) is 0.900. The van der Waals surface area contributed by atoms with Gasteiger partial charge in [0, 0.05) is 19.4 Å². The Bertz CT molecular complexity index is 347. The third-order valence-electron chi connectivity index (χ3n) is 4.66. The molecule has 0 bridgehead atoms. The number of carbonyl (C=O) groups excluding carboxylic acids is 2. The van der Waals surface area contributed by atoms with Crippen LogP contribution in [-0.4, -0.2) is 48.2 Å². The van der Waals surface area contributed by atoms with Gasteiger partial charge in [-0.3, -0.25) is 9.59 Å². The lowest BCUT2D eigenvalue weighted by atomic mass is 10.1. The summed E-state index contributed by atoms with van der Waals surface area (Å²) in [6.07, 6.45) is 11.9. The van der Waals surface area contributed by atoms with Crippen molar-refractivity contribution in [2.75, 3.05) is 20.3 Å². The maximum Gasteiger partial charge on any atom is 0.305 e. The zero-order valence-electron chi connectivity index (χ0n) is 16.6. The van der Waals surface area contributed by atoms with E-state index < -0.39 is 0 Å². The van der Waals surface area contributed by atoms with Crippen LogP contribution in [-0.2, 0) is 14.3 Å². The molecule has 0 aromatic rings. The molecule has 1 N–H and O–H groups in total. The van der Waals surface area contributed by atoms with Crippen molar-refractivity contribution >= 4 is 11.9 Å². The van der Waals surface area contributed by atoms with Gasteiger partial charge in [0.25, 0.3) is 0 Å². The molecule has 0 aromatic carbocycles. The average molecular weight is 358 g/mol. The number of ether oxygens (including phenoxy) is 1. The van der Waals surface area contributed by atoms with E-state index in [1.54, 1.807) is 0 Å². The van der Waals surface area contributed by atoms with Crippen LogP contribution in [0.3, 0.4) is 0 Å². The van der Waals surface area contributed by atoms with Gasteiger partial charge in [0.2, 0.25) is 5.91 Å². The highest BCUT2D eigenvalue weighted by molar-refractivity contribution is 5.76. The molecule has 1 rings (SSSR count). The second-order valence-corrected chi connectivity index (χ2v) is 6.47. The van der Waals surface area contributed by atoms with Crippen molar-refractivity contribution in [3.63, 3.8) is 0 Å². The molecule has 25 heavy (non-hydrogen) atoms. The summed E-state index contributed by atoms with van der Waals surface area (Å²) < 4.78 is 4.61. The fourth-order valence-corrected chi connectivity index (χ4v) is 3.21. The molecule has 1 aliphatic heterocycles. The molecule has 1 heterocycles. The van der Waals surface area contributed by atoms with Crippen LogP contribution in [0.25, 0.3) is 0 Å². The minimum atomic E-state index is -0.115. The van der Waals surface area contributed by atoms with Crippen molar-refractivity contribution in [1.29, 1.82) is 0 Å². The molecule has 0 spiro atoms. The maximum absolute atomic E-state index is 12.1. The first kappa shape index (κ1) is 23.9. The van der Waals surface area contributed by atoms with E-state index in [9.17, 15) is 14.7 Å². The Hall–Kier alpha value is -1.10. The first-order valence-corrected chi connectivity index (χ1v) is 10.2. The van der Waals surface area contributed by atoms with Crippen LogP contribution in [0.5, 0.6) is 0 Å². The quantitative estimate of drug-likeness (QED) is 0.422. The van der Waals surface area contributed by atoms with Crippen molar-refractivity contribution < 1.29 is 19.4 Å². The van der Waals surface area contributed by atoms with E-state index in [2.05, 4.69) is 4.74 Å². The number of carbonyl (C=O) groups is 2. The summed E-state index contributed by atoms with van der Waals surface area (Å²) in [7, 11) is 1.43. The van der Waals surface area contributed by atoms with E-state index in [0.717, 1.165) is 45.1 Å². The third kappa shape index (κ3) is 11.2. The Balaban J connectivity index is 0.00000277. The predicted molar refractivity (Wildman–Crippen MR) is 101 cm³/mol. The molecule has 0 aliphatic carbocycles. The molecule has 1 atom stereocenters. The molecule has 5 heteroatoms. The van der Waals surface area contributed by atoms with Gasteiger partial charge >= 0.3 is 5.97 Å². The van der Waals surface area contributed by atoms with Crippen LogP contribution in [0.2, 0.25) is 0 Å². The SMILES string of the molecule is CC.COC(=O)CCCCCCCCCCC(=O)N1CCCC1CO. The summed E-state index contributed by atoms with van der Waals surface area (Å²) in [4.78, 5) is 24.9. The summed E-state index contributed by atoms with van der Waals surface area (Å²) in [5.74, 6) is 0.0977. The molecule has 0 saturated carbocycles. The molecule has 5 nitrogen and oxygen atoms in total. The Morgan fingerprint density at radius 1 is 0.960 bits per heavy atom. The molecule has 0 radical (unpaired) electrons. The molecule has 1 aliphatic rings. The standard InChI is InChI=1S/C18H33NO4.C2H6/c1-23-18(22)13-9-7-5-3-2-4-6-8-12-17(21)19-14-10-11-16(19)15-20;1-2/h16,20H,2-15H2,1H3;1-2H3. The van der Waals surface area contributed by atoms with E-state index >= 15 is 0 Å². The number of methoxy groups -OCH3 is 1. The van der Waals surface area contributed by atoms with E-state index in [1.807, 2.05) is 18.7 Å². The lowest BCUT2D eigenvalue weighted by molar-refractivity contribution is -0.140. The number of aliphatic hydroxyl groups is 1. The first-order chi connectivity index (χ1) is 12.2. The smallest absolute Gasteiger partial charge is 0.305 e. The van der Waals surface area contributed by atoms with Gasteiger partial charge in [-0.1, -0.05) is 52.4 Å². The average Bonchev–Trinajstić information content (AvgIpc) is 3.13. The predicted octanol–water partition coefficient (Wildman–Crippen LogP) is 4.07. The van der Waals surface area contributed by atoms with Crippen molar-refractivity contribution in [1.82, 2.24) is 4.90 Å². The maximum atomic E-state index is 12.1. The minimum absolute atomic E-state index is 0.0625. The van der Waals surface area contributed by atoms with Crippen molar-refractivity contribution in [3.05, 3.63) is 0 Å². The summed E-state index contributed by atoms with van der Waals surface area (Å²) >= 11 is 0. The monoisotopic (exact) mass is 357 g/mol. The second kappa shape index (κ2) is 16.4. The Kier molecular flexibility index (Phi) is 15.7. The molecule has 1 amide bonds. The summed E-state index contributed by atoms with van der Waals surface area (Å²) in [6, 6.07) is 0.0625. The van der Waals surface area contributed by atoms with Crippen LogP contribution in [0.1, 0.15) is 90.9 Å². The van der Waals surface area contributed by atoms with Gasteiger partial charge < -0.3 is 14.7 Å².